The van der Waals surface area contributed by atoms with Crippen LogP contribution in [0.4, 0.5) is 5.13 Å². The van der Waals surface area contributed by atoms with Crippen LogP contribution in [0, 0.1) is 0 Å². The Hall–Kier alpha value is -1.06. The molecule has 2 nitrogen and oxygen atoms in total. The summed E-state index contributed by atoms with van der Waals surface area (Å²) >= 11 is 7.51. The lowest BCUT2D eigenvalue weighted by molar-refractivity contribution is 0.801. The highest BCUT2D eigenvalue weighted by atomic mass is 35.5. The number of thiazole rings is 1. The minimum Gasteiger partial charge on any atom is -0.347 e. The molecule has 0 spiro atoms. The zero-order valence-electron chi connectivity index (χ0n) is 9.40. The number of rotatable bonds is 1. The van der Waals surface area contributed by atoms with Crippen molar-refractivity contribution < 1.29 is 0 Å². The summed E-state index contributed by atoms with van der Waals surface area (Å²) in [6, 6.07) is 8.70. The number of hydrogen-bond donors (Lipinski definition) is 0. The Labute approximate surface area is 110 Å². The van der Waals surface area contributed by atoms with Gasteiger partial charge in [-0.05, 0) is 24.0 Å². The smallest absolute Gasteiger partial charge is 0.186 e. The van der Waals surface area contributed by atoms with Gasteiger partial charge in [-0.2, -0.15) is 0 Å². The quantitative estimate of drug-likeness (QED) is 0.785. The summed E-state index contributed by atoms with van der Waals surface area (Å²) in [6.07, 6.45) is 2.18. The predicted octanol–water partition coefficient (Wildman–Crippen LogP) is 3.40. The molecule has 0 radical (unpaired) electrons. The lowest BCUT2D eigenvalue weighted by Crippen LogP contribution is -2.25. The zero-order valence-corrected chi connectivity index (χ0v) is 11.0. The second kappa shape index (κ2) is 4.67. The Kier molecular flexibility index (Phi) is 3.04. The first-order valence-electron chi connectivity index (χ1n) is 5.76. The van der Waals surface area contributed by atoms with Gasteiger partial charge in [-0.1, -0.05) is 35.9 Å². The number of fused-ring (bicyclic) bond motifs is 1. The van der Waals surface area contributed by atoms with Crippen molar-refractivity contribution >= 4 is 28.1 Å². The van der Waals surface area contributed by atoms with Crippen molar-refractivity contribution in [2.75, 3.05) is 18.0 Å². The van der Waals surface area contributed by atoms with Crippen molar-refractivity contribution in [1.82, 2.24) is 4.98 Å². The topological polar surface area (TPSA) is 16.1 Å². The SMILES string of the molecule is Clc1csc(N2CCc3ccccc3CC2)n1. The molecule has 0 fully saturated rings. The molecule has 1 aromatic carbocycles. The second-order valence-electron chi connectivity index (χ2n) is 4.21. The van der Waals surface area contributed by atoms with Gasteiger partial charge in [-0.25, -0.2) is 4.98 Å². The van der Waals surface area contributed by atoms with E-state index >= 15 is 0 Å². The zero-order chi connectivity index (χ0) is 11.7. The molecular formula is C13H13ClN2S. The van der Waals surface area contributed by atoms with E-state index in [-0.39, 0.29) is 0 Å². The van der Waals surface area contributed by atoms with Crippen LogP contribution in [0.5, 0.6) is 0 Å². The molecule has 17 heavy (non-hydrogen) atoms. The Morgan fingerprint density at radius 3 is 2.29 bits per heavy atom. The van der Waals surface area contributed by atoms with Gasteiger partial charge in [0.25, 0.3) is 0 Å². The van der Waals surface area contributed by atoms with Gasteiger partial charge in [-0.15, -0.1) is 11.3 Å². The molecule has 1 aliphatic rings. The third-order valence-electron chi connectivity index (χ3n) is 3.16. The molecule has 2 heterocycles. The first-order chi connectivity index (χ1) is 8.33. The van der Waals surface area contributed by atoms with Crippen molar-refractivity contribution in [3.05, 3.63) is 45.9 Å². The molecule has 0 unspecified atom stereocenters. The van der Waals surface area contributed by atoms with E-state index in [0.717, 1.165) is 31.1 Å². The van der Waals surface area contributed by atoms with Crippen LogP contribution in [0.2, 0.25) is 5.15 Å². The lowest BCUT2D eigenvalue weighted by Gasteiger charge is -2.18. The van der Waals surface area contributed by atoms with Crippen LogP contribution in [0.25, 0.3) is 0 Å². The molecule has 88 valence electrons. The maximum absolute atomic E-state index is 5.88. The molecule has 0 saturated carbocycles. The molecule has 3 rings (SSSR count). The average molecular weight is 265 g/mol. The van der Waals surface area contributed by atoms with Crippen LogP contribution in [0.3, 0.4) is 0 Å². The fraction of sp³-hybridized carbons (Fsp3) is 0.308. The number of aromatic nitrogens is 1. The third kappa shape index (κ3) is 2.31. The fourth-order valence-corrected chi connectivity index (χ4v) is 3.25. The first kappa shape index (κ1) is 11.1. The van der Waals surface area contributed by atoms with E-state index in [0.29, 0.717) is 5.15 Å². The maximum Gasteiger partial charge on any atom is 0.186 e. The fourth-order valence-electron chi connectivity index (χ4n) is 2.25. The van der Waals surface area contributed by atoms with Crippen LogP contribution < -0.4 is 4.90 Å². The molecule has 0 saturated heterocycles. The second-order valence-corrected chi connectivity index (χ2v) is 5.43. The number of benzene rings is 1. The molecule has 1 aliphatic heterocycles. The molecular weight excluding hydrogens is 252 g/mol. The van der Waals surface area contributed by atoms with Gasteiger partial charge in [0.2, 0.25) is 0 Å². The molecule has 1 aromatic heterocycles. The van der Waals surface area contributed by atoms with Gasteiger partial charge < -0.3 is 4.90 Å². The summed E-state index contributed by atoms with van der Waals surface area (Å²) < 4.78 is 0. The van der Waals surface area contributed by atoms with Crippen LogP contribution in [-0.4, -0.2) is 18.1 Å². The highest BCUT2D eigenvalue weighted by Gasteiger charge is 2.15. The average Bonchev–Trinajstić information content (AvgIpc) is 2.66. The standard InChI is InChI=1S/C13H13ClN2S/c14-12-9-17-13(15-12)16-7-5-10-3-1-2-4-11(10)6-8-16/h1-4,9H,5-8H2. The van der Waals surface area contributed by atoms with Crippen molar-refractivity contribution in [2.45, 2.75) is 12.8 Å². The van der Waals surface area contributed by atoms with E-state index in [1.54, 1.807) is 11.3 Å². The van der Waals surface area contributed by atoms with Gasteiger partial charge >= 0.3 is 0 Å². The van der Waals surface area contributed by atoms with Crippen LogP contribution in [0.15, 0.2) is 29.6 Å². The first-order valence-corrected chi connectivity index (χ1v) is 7.01. The van der Waals surface area contributed by atoms with E-state index in [1.807, 2.05) is 5.38 Å². The summed E-state index contributed by atoms with van der Waals surface area (Å²) in [4.78, 5) is 6.68. The van der Waals surface area contributed by atoms with Crippen molar-refractivity contribution in [3.8, 4) is 0 Å². The molecule has 0 amide bonds. The minimum absolute atomic E-state index is 0.603. The van der Waals surface area contributed by atoms with Crippen molar-refractivity contribution in [1.29, 1.82) is 0 Å². The third-order valence-corrected chi connectivity index (χ3v) is 4.38. The predicted molar refractivity (Wildman–Crippen MR) is 73.2 cm³/mol. The molecule has 0 bridgehead atoms. The van der Waals surface area contributed by atoms with Crippen molar-refractivity contribution in [2.24, 2.45) is 0 Å². The molecule has 0 atom stereocenters. The Morgan fingerprint density at radius 2 is 1.76 bits per heavy atom. The summed E-state index contributed by atoms with van der Waals surface area (Å²) in [5.41, 5.74) is 2.94. The molecule has 4 heteroatoms. The summed E-state index contributed by atoms with van der Waals surface area (Å²) in [5.74, 6) is 0. The van der Waals surface area contributed by atoms with Gasteiger partial charge in [-0.3, -0.25) is 0 Å². The summed E-state index contributed by atoms with van der Waals surface area (Å²) in [5, 5.41) is 3.55. The lowest BCUT2D eigenvalue weighted by atomic mass is 10.0. The Bertz CT molecular complexity index is 497. The number of nitrogens with zero attached hydrogens (tertiary/aromatic N) is 2. The van der Waals surface area contributed by atoms with Crippen molar-refractivity contribution in [3.63, 3.8) is 0 Å². The molecule has 2 aromatic rings. The monoisotopic (exact) mass is 264 g/mol. The summed E-state index contributed by atoms with van der Waals surface area (Å²) in [7, 11) is 0. The van der Waals surface area contributed by atoms with Gasteiger partial charge in [0.1, 0.15) is 5.15 Å². The van der Waals surface area contributed by atoms with E-state index in [2.05, 4.69) is 34.1 Å². The van der Waals surface area contributed by atoms with Crippen LogP contribution >= 0.6 is 22.9 Å². The number of halogens is 1. The normalized spacial score (nSPS) is 15.5. The van der Waals surface area contributed by atoms with Gasteiger partial charge in [0, 0.05) is 18.5 Å². The van der Waals surface area contributed by atoms with E-state index in [9.17, 15) is 0 Å². The highest BCUT2D eigenvalue weighted by Crippen LogP contribution is 2.25. The van der Waals surface area contributed by atoms with Crippen LogP contribution in [0.1, 0.15) is 11.1 Å². The molecule has 0 N–H and O–H groups in total. The Morgan fingerprint density at radius 1 is 1.12 bits per heavy atom. The maximum atomic E-state index is 5.88. The largest absolute Gasteiger partial charge is 0.347 e. The summed E-state index contributed by atoms with van der Waals surface area (Å²) in [6.45, 7) is 2.06. The molecule has 0 aliphatic carbocycles. The minimum atomic E-state index is 0.603. The van der Waals surface area contributed by atoms with E-state index < -0.39 is 0 Å². The number of hydrogen-bond acceptors (Lipinski definition) is 3. The van der Waals surface area contributed by atoms with E-state index in [1.165, 1.54) is 11.1 Å². The Balaban J connectivity index is 1.81. The highest BCUT2D eigenvalue weighted by molar-refractivity contribution is 7.14. The van der Waals surface area contributed by atoms with Crippen LogP contribution in [-0.2, 0) is 12.8 Å². The van der Waals surface area contributed by atoms with Gasteiger partial charge in [0.05, 0.1) is 0 Å². The van der Waals surface area contributed by atoms with Gasteiger partial charge in [0.15, 0.2) is 5.13 Å². The van der Waals surface area contributed by atoms with E-state index in [4.69, 9.17) is 11.6 Å². The number of anilines is 1.